The van der Waals surface area contributed by atoms with Crippen LogP contribution in [0.3, 0.4) is 0 Å². The van der Waals surface area contributed by atoms with Gasteiger partial charge < -0.3 is 10.2 Å². The average Bonchev–Trinajstić information content (AvgIpc) is 2.65. The topological polar surface area (TPSA) is 45.2 Å². The summed E-state index contributed by atoms with van der Waals surface area (Å²) in [5, 5.41) is 2.76. The lowest BCUT2D eigenvalue weighted by atomic mass is 9.88. The predicted octanol–water partition coefficient (Wildman–Crippen LogP) is 2.99. The zero-order valence-electron chi connectivity index (χ0n) is 14.0. The van der Waals surface area contributed by atoms with Gasteiger partial charge in [-0.05, 0) is 42.5 Å². The van der Waals surface area contributed by atoms with Crippen molar-refractivity contribution in [1.29, 1.82) is 0 Å². The number of rotatable bonds is 5. The van der Waals surface area contributed by atoms with Crippen LogP contribution in [0.15, 0.2) is 55.3 Å². The van der Waals surface area contributed by atoms with Gasteiger partial charge in [0.1, 0.15) is 5.82 Å². The van der Waals surface area contributed by atoms with Gasteiger partial charge in [-0.2, -0.15) is 0 Å². The van der Waals surface area contributed by atoms with E-state index in [1.807, 2.05) is 12.1 Å². The minimum absolute atomic E-state index is 0.122. The first kappa shape index (κ1) is 16.2. The van der Waals surface area contributed by atoms with Crippen LogP contribution in [0.4, 0.5) is 5.82 Å². The Balaban J connectivity index is 1.68. The van der Waals surface area contributed by atoms with Crippen LogP contribution in [0.25, 0.3) is 0 Å². The summed E-state index contributed by atoms with van der Waals surface area (Å²) in [6.07, 6.45) is 6.56. The molecular formula is C20H23N3O. The highest BCUT2D eigenvalue weighted by Gasteiger charge is 2.22. The summed E-state index contributed by atoms with van der Waals surface area (Å²) >= 11 is 0. The Kier molecular flexibility index (Phi) is 4.94. The molecule has 0 bridgehead atoms. The van der Waals surface area contributed by atoms with E-state index in [9.17, 15) is 4.79 Å². The van der Waals surface area contributed by atoms with Crippen LogP contribution in [-0.4, -0.2) is 30.5 Å². The number of likely N-dealkylation sites (N-methyl/N-ethyl adjacent to an activating group) is 1. The maximum absolute atomic E-state index is 11.9. The van der Waals surface area contributed by atoms with Crippen molar-refractivity contribution in [2.24, 2.45) is 0 Å². The number of carbonyl (C=O) groups is 1. The van der Waals surface area contributed by atoms with Gasteiger partial charge >= 0.3 is 0 Å². The molecule has 3 rings (SSSR count). The summed E-state index contributed by atoms with van der Waals surface area (Å²) in [7, 11) is 2.08. The summed E-state index contributed by atoms with van der Waals surface area (Å²) in [6, 6.07) is 12.8. The third-order valence-electron chi connectivity index (χ3n) is 4.65. The molecule has 4 heteroatoms. The molecular weight excluding hydrogens is 298 g/mol. The molecule has 1 unspecified atom stereocenters. The first-order valence-corrected chi connectivity index (χ1v) is 8.34. The van der Waals surface area contributed by atoms with Crippen LogP contribution < -0.4 is 10.2 Å². The molecule has 1 heterocycles. The van der Waals surface area contributed by atoms with Crippen molar-refractivity contribution in [3.05, 3.63) is 71.9 Å². The molecule has 1 aromatic heterocycles. The van der Waals surface area contributed by atoms with Crippen molar-refractivity contribution in [2.75, 3.05) is 18.5 Å². The van der Waals surface area contributed by atoms with E-state index in [0.29, 0.717) is 18.2 Å². The number of hydrogen-bond donors (Lipinski definition) is 1. The molecule has 0 saturated heterocycles. The van der Waals surface area contributed by atoms with Gasteiger partial charge in [0.25, 0.3) is 5.91 Å². The van der Waals surface area contributed by atoms with Crippen molar-refractivity contribution < 1.29 is 4.79 Å². The normalized spacial score (nSPS) is 16.1. The number of nitrogens with one attached hydrogen (secondary N) is 1. The van der Waals surface area contributed by atoms with Crippen LogP contribution in [0.2, 0.25) is 0 Å². The molecule has 4 nitrogen and oxygen atoms in total. The van der Waals surface area contributed by atoms with Gasteiger partial charge in [-0.25, -0.2) is 4.98 Å². The first-order chi connectivity index (χ1) is 11.7. The van der Waals surface area contributed by atoms with E-state index in [1.165, 1.54) is 11.1 Å². The van der Waals surface area contributed by atoms with E-state index in [2.05, 4.69) is 53.1 Å². The quantitative estimate of drug-likeness (QED) is 0.861. The standard InChI is InChI=1S/C20H23N3O/c1-3-12-21-20(24)17-9-11-19(22-14-17)23(2)18-10-8-15-6-4-5-7-16(15)13-18/h3-7,9,11,14,18H,1,8,10,12-13H2,2H3,(H,21,24). The maximum atomic E-state index is 11.9. The fraction of sp³-hybridized carbons (Fsp3) is 0.300. The number of nitrogens with zero attached hydrogens (tertiary/aromatic N) is 2. The number of benzene rings is 1. The minimum atomic E-state index is -0.122. The molecule has 0 spiro atoms. The lowest BCUT2D eigenvalue weighted by molar-refractivity contribution is 0.0957. The number of aryl methyl sites for hydroxylation is 1. The number of aromatic nitrogens is 1. The monoisotopic (exact) mass is 321 g/mol. The van der Waals surface area contributed by atoms with Crippen molar-refractivity contribution in [3.8, 4) is 0 Å². The van der Waals surface area contributed by atoms with Crippen LogP contribution in [-0.2, 0) is 12.8 Å². The fourth-order valence-corrected chi connectivity index (χ4v) is 3.19. The van der Waals surface area contributed by atoms with Crippen molar-refractivity contribution >= 4 is 11.7 Å². The predicted molar refractivity (Wildman–Crippen MR) is 97.4 cm³/mol. The van der Waals surface area contributed by atoms with Gasteiger partial charge in [-0.1, -0.05) is 30.3 Å². The number of amides is 1. The van der Waals surface area contributed by atoms with Gasteiger partial charge in [-0.3, -0.25) is 4.79 Å². The summed E-state index contributed by atoms with van der Waals surface area (Å²) in [4.78, 5) is 18.6. The highest BCUT2D eigenvalue weighted by Crippen LogP contribution is 2.26. The second kappa shape index (κ2) is 7.30. The molecule has 1 amide bonds. The Labute approximate surface area is 143 Å². The highest BCUT2D eigenvalue weighted by atomic mass is 16.1. The number of carbonyl (C=O) groups excluding carboxylic acids is 1. The zero-order valence-corrected chi connectivity index (χ0v) is 14.0. The Hall–Kier alpha value is -2.62. The van der Waals surface area contributed by atoms with Gasteiger partial charge in [0.2, 0.25) is 0 Å². The Bertz CT molecular complexity index is 724. The lowest BCUT2D eigenvalue weighted by Crippen LogP contribution is -2.37. The molecule has 124 valence electrons. The Morgan fingerprint density at radius 3 is 2.83 bits per heavy atom. The largest absolute Gasteiger partial charge is 0.356 e. The fourth-order valence-electron chi connectivity index (χ4n) is 3.19. The van der Waals surface area contributed by atoms with Crippen LogP contribution in [0, 0.1) is 0 Å². The van der Waals surface area contributed by atoms with E-state index >= 15 is 0 Å². The molecule has 0 saturated carbocycles. The van der Waals surface area contributed by atoms with Crippen LogP contribution in [0.5, 0.6) is 0 Å². The van der Waals surface area contributed by atoms with Crippen molar-refractivity contribution in [1.82, 2.24) is 10.3 Å². The smallest absolute Gasteiger partial charge is 0.253 e. The number of anilines is 1. The third kappa shape index (κ3) is 3.48. The Morgan fingerprint density at radius 2 is 2.12 bits per heavy atom. The van der Waals surface area contributed by atoms with E-state index in [1.54, 1.807) is 12.3 Å². The SMILES string of the molecule is C=CCNC(=O)c1ccc(N(C)C2CCc3ccccc3C2)nc1. The molecule has 0 aliphatic heterocycles. The zero-order chi connectivity index (χ0) is 16.9. The minimum Gasteiger partial charge on any atom is -0.356 e. The van der Waals surface area contributed by atoms with Gasteiger partial charge in [0.15, 0.2) is 0 Å². The third-order valence-corrected chi connectivity index (χ3v) is 4.65. The molecule has 1 atom stereocenters. The van der Waals surface area contributed by atoms with E-state index in [4.69, 9.17) is 0 Å². The van der Waals surface area contributed by atoms with Crippen LogP contribution in [0.1, 0.15) is 27.9 Å². The molecule has 1 aromatic carbocycles. The lowest BCUT2D eigenvalue weighted by Gasteiger charge is -2.33. The summed E-state index contributed by atoms with van der Waals surface area (Å²) in [5.41, 5.74) is 3.47. The number of fused-ring (bicyclic) bond motifs is 1. The van der Waals surface area contributed by atoms with Crippen molar-refractivity contribution in [2.45, 2.75) is 25.3 Å². The molecule has 2 aromatic rings. The van der Waals surface area contributed by atoms with Gasteiger partial charge in [0.05, 0.1) is 5.56 Å². The maximum Gasteiger partial charge on any atom is 0.253 e. The second-order valence-electron chi connectivity index (χ2n) is 6.18. The van der Waals surface area contributed by atoms with E-state index < -0.39 is 0 Å². The van der Waals surface area contributed by atoms with E-state index in [0.717, 1.165) is 25.1 Å². The highest BCUT2D eigenvalue weighted by molar-refractivity contribution is 5.94. The summed E-state index contributed by atoms with van der Waals surface area (Å²) in [6.45, 7) is 4.05. The molecule has 1 aliphatic rings. The number of pyridine rings is 1. The average molecular weight is 321 g/mol. The molecule has 1 N–H and O–H groups in total. The summed E-state index contributed by atoms with van der Waals surface area (Å²) in [5.74, 6) is 0.780. The van der Waals surface area contributed by atoms with Gasteiger partial charge in [0, 0.05) is 25.8 Å². The molecule has 0 fully saturated rings. The van der Waals surface area contributed by atoms with Crippen molar-refractivity contribution in [3.63, 3.8) is 0 Å². The summed E-state index contributed by atoms with van der Waals surface area (Å²) < 4.78 is 0. The second-order valence-corrected chi connectivity index (χ2v) is 6.18. The van der Waals surface area contributed by atoms with Crippen LogP contribution >= 0.6 is 0 Å². The van der Waals surface area contributed by atoms with Gasteiger partial charge in [-0.15, -0.1) is 6.58 Å². The first-order valence-electron chi connectivity index (χ1n) is 8.34. The molecule has 1 aliphatic carbocycles. The molecule has 24 heavy (non-hydrogen) atoms. The Morgan fingerprint density at radius 1 is 1.33 bits per heavy atom. The van der Waals surface area contributed by atoms with E-state index in [-0.39, 0.29) is 5.91 Å². The molecule has 0 radical (unpaired) electrons. The number of hydrogen-bond acceptors (Lipinski definition) is 3.